The van der Waals surface area contributed by atoms with Crippen LogP contribution in [0.25, 0.3) is 11.1 Å². The zero-order valence-electron chi connectivity index (χ0n) is 26.7. The molecule has 1 aromatic heterocycles. The quantitative estimate of drug-likeness (QED) is 0.271. The molecule has 45 heavy (non-hydrogen) atoms. The molecule has 2 N–H and O–H groups in total. The molecule has 8 heteroatoms. The number of aryl methyl sites for hydroxylation is 1. The molecule has 0 atom stereocenters. The molecule has 2 aromatic carbocycles. The Bertz CT molecular complexity index is 1540. The van der Waals surface area contributed by atoms with Crippen molar-refractivity contribution in [3.05, 3.63) is 66.0 Å². The number of methoxy groups -OCH3 is 1. The summed E-state index contributed by atoms with van der Waals surface area (Å²) in [7, 11) is 1.74. The Hall–Kier alpha value is -3.81. The van der Waals surface area contributed by atoms with Crippen molar-refractivity contribution in [3.63, 3.8) is 0 Å². The van der Waals surface area contributed by atoms with Gasteiger partial charge in [0.2, 0.25) is 5.91 Å². The topological polar surface area (TPSA) is 99.7 Å². The number of rotatable bonds is 9. The van der Waals surface area contributed by atoms with Crippen LogP contribution in [0.3, 0.4) is 0 Å². The second-order valence-corrected chi connectivity index (χ2v) is 14.3. The number of aromatic nitrogens is 2. The first kappa shape index (κ1) is 29.9. The normalized spacial score (nSPS) is 27.6. The number of nitrogens with two attached hydrogens (primary N) is 1. The van der Waals surface area contributed by atoms with E-state index < -0.39 is 6.09 Å². The van der Waals surface area contributed by atoms with E-state index in [-0.39, 0.29) is 28.8 Å². The van der Waals surface area contributed by atoms with Gasteiger partial charge in [-0.1, -0.05) is 24.3 Å². The van der Waals surface area contributed by atoms with Gasteiger partial charge in [-0.3, -0.25) is 9.48 Å². The zero-order chi connectivity index (χ0) is 31.2. The van der Waals surface area contributed by atoms with Crippen LogP contribution in [0.4, 0.5) is 10.5 Å². The van der Waals surface area contributed by atoms with Crippen LogP contribution in [0, 0.1) is 18.3 Å². The largest absolute Gasteiger partial charge is 0.496 e. The highest BCUT2D eigenvalue weighted by atomic mass is 16.6. The molecule has 0 saturated heterocycles. The monoisotopic (exact) mass is 610 g/mol. The Kier molecular flexibility index (Phi) is 7.86. The van der Waals surface area contributed by atoms with Crippen LogP contribution in [0.1, 0.15) is 94.2 Å². The average molecular weight is 611 g/mol. The Morgan fingerprint density at radius 1 is 0.956 bits per heavy atom. The first-order valence-electron chi connectivity index (χ1n) is 16.8. The molecule has 2 bridgehead atoms. The van der Waals surface area contributed by atoms with Crippen LogP contribution >= 0.6 is 0 Å². The van der Waals surface area contributed by atoms with Gasteiger partial charge in [-0.2, -0.15) is 5.10 Å². The van der Waals surface area contributed by atoms with E-state index in [4.69, 9.17) is 15.2 Å². The number of hydrogen-bond acceptors (Lipinski definition) is 5. The van der Waals surface area contributed by atoms with Crippen molar-refractivity contribution in [2.75, 3.05) is 18.6 Å². The van der Waals surface area contributed by atoms with Gasteiger partial charge in [0.25, 0.3) is 0 Å². The van der Waals surface area contributed by atoms with Crippen molar-refractivity contribution >= 4 is 17.7 Å². The predicted molar refractivity (Wildman–Crippen MR) is 174 cm³/mol. The average Bonchev–Trinajstić information content (AvgIpc) is 3.80. The highest BCUT2D eigenvalue weighted by Gasteiger charge is 2.50. The number of nitrogens with zero attached hydrogens (tertiary/aromatic N) is 3. The van der Waals surface area contributed by atoms with Crippen LogP contribution in [-0.2, 0) is 14.9 Å². The highest BCUT2D eigenvalue weighted by molar-refractivity contribution is 5.96. The minimum Gasteiger partial charge on any atom is -0.496 e. The fourth-order valence-corrected chi connectivity index (χ4v) is 8.47. The summed E-state index contributed by atoms with van der Waals surface area (Å²) < 4.78 is 12.9. The van der Waals surface area contributed by atoms with E-state index in [1.807, 2.05) is 6.20 Å². The molecule has 0 unspecified atom stereocenters. The summed E-state index contributed by atoms with van der Waals surface area (Å²) in [6.07, 6.45) is 15.1. The van der Waals surface area contributed by atoms with Crippen molar-refractivity contribution in [3.8, 4) is 16.9 Å². The summed E-state index contributed by atoms with van der Waals surface area (Å²) in [5.74, 6) is 1.05. The molecule has 0 radical (unpaired) electrons. The maximum absolute atomic E-state index is 14.5. The minimum atomic E-state index is -0.734. The molecule has 8 nitrogen and oxygen atoms in total. The molecule has 5 aliphatic carbocycles. The summed E-state index contributed by atoms with van der Waals surface area (Å²) in [6.45, 7) is 2.88. The van der Waals surface area contributed by atoms with Gasteiger partial charge in [0.1, 0.15) is 11.9 Å². The molecule has 0 spiro atoms. The molecule has 5 aliphatic rings. The summed E-state index contributed by atoms with van der Waals surface area (Å²) >= 11 is 0. The number of amides is 2. The van der Waals surface area contributed by atoms with E-state index in [2.05, 4.69) is 70.3 Å². The van der Waals surface area contributed by atoms with Crippen molar-refractivity contribution in [1.29, 1.82) is 0 Å². The lowest BCUT2D eigenvalue weighted by atomic mass is 9.51. The first-order chi connectivity index (χ1) is 21.8. The van der Waals surface area contributed by atoms with Gasteiger partial charge < -0.3 is 20.1 Å². The Labute approximate surface area is 266 Å². The summed E-state index contributed by atoms with van der Waals surface area (Å²) in [6, 6.07) is 15.7. The molecule has 238 valence electrons. The third-order valence-electron chi connectivity index (χ3n) is 11.5. The predicted octanol–water partition coefficient (Wildman–Crippen LogP) is 7.48. The maximum Gasteiger partial charge on any atom is 0.404 e. The Balaban J connectivity index is 1.13. The molecular weight excluding hydrogens is 564 g/mol. The second kappa shape index (κ2) is 11.8. The van der Waals surface area contributed by atoms with Crippen molar-refractivity contribution in [2.45, 2.75) is 102 Å². The van der Waals surface area contributed by atoms with Gasteiger partial charge in [-0.25, -0.2) is 4.79 Å². The van der Waals surface area contributed by atoms with Gasteiger partial charge in [0.15, 0.2) is 0 Å². The van der Waals surface area contributed by atoms with E-state index in [0.717, 1.165) is 67.6 Å². The third-order valence-corrected chi connectivity index (χ3v) is 11.5. The number of primary amides is 1. The van der Waals surface area contributed by atoms with Gasteiger partial charge in [0.05, 0.1) is 19.3 Å². The van der Waals surface area contributed by atoms with Crippen molar-refractivity contribution in [1.82, 2.24) is 9.78 Å². The lowest BCUT2D eigenvalue weighted by molar-refractivity contribution is -0.124. The maximum atomic E-state index is 14.5. The van der Waals surface area contributed by atoms with E-state index in [1.165, 1.54) is 24.0 Å². The minimum absolute atomic E-state index is 0.0936. The number of carbonyl (C=O) groups excluding carboxylic acids is 2. The van der Waals surface area contributed by atoms with E-state index in [9.17, 15) is 9.59 Å². The lowest BCUT2D eigenvalue weighted by Gasteiger charge is -2.55. The van der Waals surface area contributed by atoms with E-state index in [0.29, 0.717) is 31.7 Å². The number of fused-ring (bicyclic) bond motifs is 3. The molecule has 8 rings (SSSR count). The fourth-order valence-electron chi connectivity index (χ4n) is 8.47. The summed E-state index contributed by atoms with van der Waals surface area (Å²) in [4.78, 5) is 27.9. The Morgan fingerprint density at radius 2 is 1.69 bits per heavy atom. The molecule has 1 heterocycles. The molecule has 5 fully saturated rings. The SMILES string of the molecule is COc1ccc(C23CCC(CN(c4cccc(-c5cnn(C6CC6)c5)c4)C(=O)[C@H]4CC[C@H](OC(N)=O)CC4)(CC2)CC3)cc1C. The van der Waals surface area contributed by atoms with Crippen LogP contribution in [0.15, 0.2) is 54.9 Å². The fraction of sp³-hybridized carbons (Fsp3) is 0.541. The third kappa shape index (κ3) is 5.96. The van der Waals surface area contributed by atoms with Gasteiger partial charge >= 0.3 is 6.09 Å². The second-order valence-electron chi connectivity index (χ2n) is 14.3. The molecule has 2 amide bonds. The van der Waals surface area contributed by atoms with Crippen LogP contribution in [0.2, 0.25) is 0 Å². The van der Waals surface area contributed by atoms with Gasteiger partial charge in [-0.05, 0) is 130 Å². The number of ether oxygens (including phenoxy) is 2. The molecule has 3 aromatic rings. The number of anilines is 1. The summed E-state index contributed by atoms with van der Waals surface area (Å²) in [5.41, 5.74) is 11.4. The Morgan fingerprint density at radius 3 is 2.33 bits per heavy atom. The first-order valence-corrected chi connectivity index (χ1v) is 16.8. The summed E-state index contributed by atoms with van der Waals surface area (Å²) in [5, 5.41) is 4.62. The lowest BCUT2D eigenvalue weighted by Crippen LogP contribution is -2.51. The smallest absolute Gasteiger partial charge is 0.404 e. The van der Waals surface area contributed by atoms with Gasteiger partial charge in [0, 0.05) is 29.9 Å². The van der Waals surface area contributed by atoms with Crippen molar-refractivity contribution in [2.24, 2.45) is 17.1 Å². The van der Waals surface area contributed by atoms with Gasteiger partial charge in [-0.15, -0.1) is 0 Å². The van der Waals surface area contributed by atoms with Crippen LogP contribution in [0.5, 0.6) is 5.75 Å². The molecule has 5 saturated carbocycles. The van der Waals surface area contributed by atoms with Crippen LogP contribution < -0.4 is 15.4 Å². The van der Waals surface area contributed by atoms with Crippen molar-refractivity contribution < 1.29 is 19.1 Å². The zero-order valence-corrected chi connectivity index (χ0v) is 26.7. The standard InChI is InChI=1S/C37H46N4O4/c1-25-20-29(8-13-33(25)44-2)37-17-14-36(15-18-37,16-19-37)24-40(34(42)26-6-11-32(12-7-26)45-35(38)43)31-5-3-4-27(21-31)28-22-39-41(23-28)30-9-10-30/h3-5,8,13,20-23,26,30,32H,6-7,9-12,14-19,24H2,1-2H3,(H2,38,43)/t26-,32-,36?,37?. The van der Waals surface area contributed by atoms with Crippen LogP contribution in [-0.4, -0.2) is 41.5 Å². The molecule has 0 aliphatic heterocycles. The highest BCUT2D eigenvalue weighted by Crippen LogP contribution is 2.58. The number of hydrogen-bond donors (Lipinski definition) is 1. The number of benzene rings is 2. The van der Waals surface area contributed by atoms with E-state index >= 15 is 0 Å². The van der Waals surface area contributed by atoms with E-state index in [1.54, 1.807) is 7.11 Å². The number of carbonyl (C=O) groups is 2. The molecular formula is C37H46N4O4.